The lowest BCUT2D eigenvalue weighted by Gasteiger charge is -1.95. The van der Waals surface area contributed by atoms with Gasteiger partial charge in [0.25, 0.3) is 0 Å². The Morgan fingerprint density at radius 2 is 2.17 bits per heavy atom. The maximum absolute atomic E-state index is 7.42. The van der Waals surface area contributed by atoms with Gasteiger partial charge in [-0.1, -0.05) is 6.04 Å². The van der Waals surface area contributed by atoms with Crippen LogP contribution in [0.1, 0.15) is 2.74 Å². The van der Waals surface area contributed by atoms with Gasteiger partial charge in [-0.05, 0) is 24.3 Å². The van der Waals surface area contributed by atoms with Crippen LogP contribution in [0.2, 0.25) is 0 Å². The number of pyridine rings is 1. The van der Waals surface area contributed by atoms with Crippen molar-refractivity contribution in [3.8, 4) is 11.4 Å². The molecular weight excluding hydrogens is 150 g/mol. The van der Waals surface area contributed by atoms with E-state index in [4.69, 9.17) is 2.74 Å². The van der Waals surface area contributed by atoms with E-state index in [1.807, 2.05) is 0 Å². The average Bonchev–Trinajstić information content (AvgIpc) is 2.18. The highest BCUT2D eigenvalue weighted by Crippen LogP contribution is 2.09. The topological polar surface area (TPSA) is 38.7 Å². The minimum Gasteiger partial charge on any atom is -0.255 e. The van der Waals surface area contributed by atoms with Gasteiger partial charge in [0.1, 0.15) is 5.69 Å². The van der Waals surface area contributed by atoms with E-state index in [2.05, 4.69) is 15.2 Å². The highest BCUT2D eigenvalue weighted by atomic mass is 15.1. The van der Waals surface area contributed by atoms with Crippen molar-refractivity contribution in [1.82, 2.24) is 15.2 Å². The molecule has 0 amide bonds. The number of hydrogen-bond donors (Lipinski definition) is 0. The van der Waals surface area contributed by atoms with E-state index in [9.17, 15) is 0 Å². The molecule has 0 unspecified atom stereocenters. The Morgan fingerprint density at radius 1 is 1.17 bits per heavy atom. The molecule has 2 aromatic rings. The Hall–Kier alpha value is -1.77. The fraction of sp³-hybridized carbons (Fsp3) is 0. The van der Waals surface area contributed by atoms with E-state index in [1.165, 1.54) is 6.07 Å². The van der Waals surface area contributed by atoms with Crippen LogP contribution in [0.4, 0.5) is 0 Å². The van der Waals surface area contributed by atoms with Gasteiger partial charge < -0.3 is 0 Å². The van der Waals surface area contributed by atoms with E-state index in [0.29, 0.717) is 11.4 Å². The third kappa shape index (κ3) is 1.29. The second-order valence-corrected chi connectivity index (χ2v) is 2.19. The summed E-state index contributed by atoms with van der Waals surface area (Å²) < 4.78 is 14.8. The summed E-state index contributed by atoms with van der Waals surface area (Å²) in [6, 6.07) is 6.67. The summed E-state index contributed by atoms with van der Waals surface area (Å²) in [5.41, 5.74) is 1.09. The van der Waals surface area contributed by atoms with Gasteiger partial charge in [-0.2, -0.15) is 5.10 Å². The summed E-state index contributed by atoms with van der Waals surface area (Å²) in [4.78, 5) is 3.95. The van der Waals surface area contributed by atoms with Crippen LogP contribution >= 0.6 is 0 Å². The van der Waals surface area contributed by atoms with Crippen molar-refractivity contribution in [2.75, 3.05) is 0 Å². The predicted molar refractivity (Wildman–Crippen MR) is 45.3 cm³/mol. The monoisotopic (exact) mass is 161 g/mol. The van der Waals surface area contributed by atoms with Gasteiger partial charge in [-0.3, -0.25) is 4.98 Å². The first-order chi connectivity index (χ1) is 6.75. The van der Waals surface area contributed by atoms with Gasteiger partial charge in [-0.15, -0.1) is 5.10 Å². The lowest BCUT2D eigenvalue weighted by molar-refractivity contribution is 1.03. The summed E-state index contributed by atoms with van der Waals surface area (Å²) in [5, 5.41) is 7.56. The molecule has 0 aliphatic rings. The molecule has 0 fully saturated rings. The molecule has 58 valence electrons. The van der Waals surface area contributed by atoms with E-state index >= 15 is 0 Å². The Bertz CT molecular complexity index is 425. The molecule has 0 bridgehead atoms. The van der Waals surface area contributed by atoms with Gasteiger partial charge in [0.15, 0.2) is 0 Å². The molecule has 2 rings (SSSR count). The lowest BCUT2D eigenvalue weighted by atomic mass is 10.2. The van der Waals surface area contributed by atoms with E-state index in [0.717, 1.165) is 0 Å². The first kappa shape index (κ1) is 4.98. The Kier molecular flexibility index (Phi) is 1.28. The van der Waals surface area contributed by atoms with Crippen LogP contribution in [0.25, 0.3) is 11.4 Å². The summed E-state index contributed by atoms with van der Waals surface area (Å²) in [7, 11) is 0. The maximum atomic E-state index is 7.42. The normalized spacial score (nSPS) is 12.0. The standard InChI is InChI=1S/C9H7N3/c1-2-6-10-8(4-1)9-5-3-7-11-12-9/h1-7H/i1T,6T. The van der Waals surface area contributed by atoms with Crippen molar-refractivity contribution in [2.24, 2.45) is 0 Å². The quantitative estimate of drug-likeness (QED) is 0.636. The van der Waals surface area contributed by atoms with Gasteiger partial charge in [-0.25, -0.2) is 0 Å². The molecule has 0 spiro atoms. The number of nitrogens with zero attached hydrogens (tertiary/aromatic N) is 3. The summed E-state index contributed by atoms with van der Waals surface area (Å²) >= 11 is 0. The molecule has 2 heterocycles. The number of aromatic nitrogens is 3. The van der Waals surface area contributed by atoms with E-state index < -0.39 is 0 Å². The summed E-state index contributed by atoms with van der Waals surface area (Å²) in [5.74, 6) is 0. The molecule has 0 atom stereocenters. The summed E-state index contributed by atoms with van der Waals surface area (Å²) in [6.45, 7) is 0. The Morgan fingerprint density at radius 3 is 2.92 bits per heavy atom. The Balaban J connectivity index is 2.52. The van der Waals surface area contributed by atoms with Crippen LogP contribution in [-0.4, -0.2) is 15.2 Å². The van der Waals surface area contributed by atoms with Crippen LogP contribution in [0.3, 0.4) is 0 Å². The highest BCUT2D eigenvalue weighted by Gasteiger charge is 1.96. The zero-order valence-electron chi connectivity index (χ0n) is 8.23. The second-order valence-electron chi connectivity index (χ2n) is 2.19. The lowest BCUT2D eigenvalue weighted by Crippen LogP contribution is -1.87. The molecule has 0 saturated carbocycles. The van der Waals surface area contributed by atoms with Gasteiger partial charge >= 0.3 is 0 Å². The molecule has 0 aliphatic heterocycles. The van der Waals surface area contributed by atoms with Crippen LogP contribution < -0.4 is 0 Å². The molecule has 0 N–H and O–H groups in total. The second kappa shape index (κ2) is 3.09. The average molecular weight is 161 g/mol. The van der Waals surface area contributed by atoms with Crippen molar-refractivity contribution in [2.45, 2.75) is 0 Å². The van der Waals surface area contributed by atoms with Crippen LogP contribution in [-0.2, 0) is 0 Å². The molecule has 12 heavy (non-hydrogen) atoms. The fourth-order valence-corrected chi connectivity index (χ4v) is 0.861. The number of hydrogen-bond acceptors (Lipinski definition) is 3. The third-order valence-electron chi connectivity index (χ3n) is 1.39. The fourth-order valence-electron chi connectivity index (χ4n) is 0.861. The first-order valence-electron chi connectivity index (χ1n) is 4.49. The number of rotatable bonds is 1. The Labute approximate surface area is 72.9 Å². The molecule has 3 heteroatoms. The molecule has 2 aromatic heterocycles. The molecule has 0 radical (unpaired) electrons. The first-order valence-corrected chi connectivity index (χ1v) is 3.49. The molecule has 3 nitrogen and oxygen atoms in total. The van der Waals surface area contributed by atoms with Crippen LogP contribution in [0, 0.1) is 0 Å². The van der Waals surface area contributed by atoms with Gasteiger partial charge in [0.05, 0.1) is 8.44 Å². The minimum atomic E-state index is 0.0677. The van der Waals surface area contributed by atoms with Crippen molar-refractivity contribution >= 4 is 0 Å². The molecule has 0 aromatic carbocycles. The molecular formula is C9H7N3. The largest absolute Gasteiger partial charge is 0.255 e. The zero-order valence-corrected chi connectivity index (χ0v) is 6.23. The zero-order chi connectivity index (χ0) is 9.97. The SMILES string of the molecule is [3H]c1cc([3H])nc(-c2cccnn2)c1. The maximum Gasteiger partial charge on any atom is 0.111 e. The van der Waals surface area contributed by atoms with Crippen molar-refractivity contribution in [3.05, 3.63) is 42.7 Å². The van der Waals surface area contributed by atoms with Gasteiger partial charge in [0.2, 0.25) is 0 Å². The highest BCUT2D eigenvalue weighted by molar-refractivity contribution is 5.51. The van der Waals surface area contributed by atoms with E-state index in [1.54, 1.807) is 24.4 Å². The van der Waals surface area contributed by atoms with Crippen molar-refractivity contribution in [1.29, 1.82) is 0 Å². The minimum absolute atomic E-state index is 0.0677. The van der Waals surface area contributed by atoms with Gasteiger partial charge in [0, 0.05) is 12.4 Å². The summed E-state index contributed by atoms with van der Waals surface area (Å²) in [6.07, 6.45) is 1.63. The predicted octanol–water partition coefficient (Wildman–Crippen LogP) is 1.54. The van der Waals surface area contributed by atoms with Crippen LogP contribution in [0.5, 0.6) is 0 Å². The smallest absolute Gasteiger partial charge is 0.111 e. The molecule has 0 aliphatic carbocycles. The third-order valence-corrected chi connectivity index (χ3v) is 1.39. The van der Waals surface area contributed by atoms with Crippen LogP contribution in [0.15, 0.2) is 42.7 Å². The van der Waals surface area contributed by atoms with Crippen molar-refractivity contribution < 1.29 is 2.74 Å². The molecule has 0 saturated heterocycles. The van der Waals surface area contributed by atoms with Crippen molar-refractivity contribution in [3.63, 3.8) is 0 Å². The van der Waals surface area contributed by atoms with E-state index in [-0.39, 0.29) is 12.2 Å².